The van der Waals surface area contributed by atoms with E-state index in [1.54, 1.807) is 11.8 Å². The number of hydrogen-bond acceptors (Lipinski definition) is 3. The molecule has 24 heavy (non-hydrogen) atoms. The molecular weight excluding hydrogens is 308 g/mol. The average Bonchev–Trinajstić information content (AvgIpc) is 2.91. The van der Waals surface area contributed by atoms with Crippen molar-refractivity contribution in [2.45, 2.75) is 39.7 Å². The standard InChI is InChI=1S/C18H24N2O4/c1-12-4-6-14(7-5-12)15(19-13(2)21)10-16(22)20-9-8-18(3,11-20)17(23)24/h4-7,15H,8-11H2,1-3H3,(H,19,21)(H,23,24). The molecule has 1 fully saturated rings. The molecule has 0 spiro atoms. The Morgan fingerprint density at radius 1 is 1.29 bits per heavy atom. The third-order valence-corrected chi connectivity index (χ3v) is 4.58. The molecule has 6 heteroatoms. The minimum Gasteiger partial charge on any atom is -0.481 e. The summed E-state index contributed by atoms with van der Waals surface area (Å²) in [4.78, 5) is 36.9. The second-order valence-electron chi connectivity index (χ2n) is 6.80. The quantitative estimate of drug-likeness (QED) is 0.862. The summed E-state index contributed by atoms with van der Waals surface area (Å²) in [5, 5.41) is 12.1. The molecule has 6 nitrogen and oxygen atoms in total. The lowest BCUT2D eigenvalue weighted by atomic mass is 9.90. The normalized spacial score (nSPS) is 21.4. The van der Waals surface area contributed by atoms with E-state index in [0.29, 0.717) is 13.0 Å². The number of benzene rings is 1. The number of likely N-dealkylation sites (tertiary alicyclic amines) is 1. The van der Waals surface area contributed by atoms with Crippen molar-refractivity contribution in [2.24, 2.45) is 5.41 Å². The lowest BCUT2D eigenvalue weighted by Gasteiger charge is -2.24. The van der Waals surface area contributed by atoms with Gasteiger partial charge >= 0.3 is 5.97 Å². The van der Waals surface area contributed by atoms with E-state index in [2.05, 4.69) is 5.32 Å². The van der Waals surface area contributed by atoms with Crippen molar-refractivity contribution in [3.63, 3.8) is 0 Å². The van der Waals surface area contributed by atoms with Gasteiger partial charge in [-0.15, -0.1) is 0 Å². The summed E-state index contributed by atoms with van der Waals surface area (Å²) >= 11 is 0. The smallest absolute Gasteiger partial charge is 0.311 e. The molecule has 0 radical (unpaired) electrons. The number of carboxylic acid groups (broad SMARTS) is 1. The van der Waals surface area contributed by atoms with Crippen LogP contribution in [0.15, 0.2) is 24.3 Å². The van der Waals surface area contributed by atoms with Crippen LogP contribution in [0.5, 0.6) is 0 Å². The summed E-state index contributed by atoms with van der Waals surface area (Å²) in [7, 11) is 0. The van der Waals surface area contributed by atoms with Crippen molar-refractivity contribution in [3.05, 3.63) is 35.4 Å². The number of amides is 2. The fourth-order valence-electron chi connectivity index (χ4n) is 2.95. The molecule has 1 aliphatic heterocycles. The number of carboxylic acids is 1. The molecule has 0 aliphatic carbocycles. The maximum absolute atomic E-state index is 12.6. The Morgan fingerprint density at radius 2 is 1.92 bits per heavy atom. The fourth-order valence-corrected chi connectivity index (χ4v) is 2.95. The molecular formula is C18H24N2O4. The average molecular weight is 332 g/mol. The van der Waals surface area contributed by atoms with Crippen LogP contribution in [0.2, 0.25) is 0 Å². The Labute approximate surface area is 141 Å². The highest BCUT2D eigenvalue weighted by atomic mass is 16.4. The number of nitrogens with zero attached hydrogens (tertiary/aromatic N) is 1. The number of aryl methyl sites for hydroxylation is 1. The maximum atomic E-state index is 12.6. The summed E-state index contributed by atoms with van der Waals surface area (Å²) in [6.07, 6.45) is 0.571. The van der Waals surface area contributed by atoms with Crippen LogP contribution < -0.4 is 5.32 Å². The lowest BCUT2D eigenvalue weighted by molar-refractivity contribution is -0.147. The maximum Gasteiger partial charge on any atom is 0.311 e. The van der Waals surface area contributed by atoms with Gasteiger partial charge in [0.25, 0.3) is 0 Å². The van der Waals surface area contributed by atoms with Crippen LogP contribution in [0.4, 0.5) is 0 Å². The second kappa shape index (κ2) is 7.03. The van der Waals surface area contributed by atoms with Crippen molar-refractivity contribution in [1.29, 1.82) is 0 Å². The largest absolute Gasteiger partial charge is 0.481 e. The third-order valence-electron chi connectivity index (χ3n) is 4.58. The number of hydrogen-bond donors (Lipinski definition) is 2. The van der Waals surface area contributed by atoms with E-state index in [-0.39, 0.29) is 24.8 Å². The number of carbonyl (C=O) groups is 3. The molecule has 1 aromatic carbocycles. The Kier molecular flexibility index (Phi) is 5.26. The first-order valence-electron chi connectivity index (χ1n) is 8.06. The lowest BCUT2D eigenvalue weighted by Crippen LogP contribution is -2.37. The van der Waals surface area contributed by atoms with Gasteiger partial charge < -0.3 is 15.3 Å². The Balaban J connectivity index is 2.09. The topological polar surface area (TPSA) is 86.7 Å². The zero-order chi connectivity index (χ0) is 17.9. The number of aliphatic carboxylic acids is 1. The summed E-state index contributed by atoms with van der Waals surface area (Å²) < 4.78 is 0. The minimum atomic E-state index is -0.886. The first kappa shape index (κ1) is 18.0. The van der Waals surface area contributed by atoms with Gasteiger partial charge in [-0.1, -0.05) is 29.8 Å². The Hall–Kier alpha value is -2.37. The van der Waals surface area contributed by atoms with Crippen molar-refractivity contribution in [1.82, 2.24) is 10.2 Å². The van der Waals surface area contributed by atoms with Crippen molar-refractivity contribution in [3.8, 4) is 0 Å². The third kappa shape index (κ3) is 4.13. The van der Waals surface area contributed by atoms with Gasteiger partial charge in [0, 0.05) is 20.0 Å². The van der Waals surface area contributed by atoms with Gasteiger partial charge in [0.15, 0.2) is 0 Å². The van der Waals surface area contributed by atoms with E-state index in [1.165, 1.54) is 6.92 Å². The number of carbonyl (C=O) groups excluding carboxylic acids is 2. The van der Waals surface area contributed by atoms with E-state index < -0.39 is 17.4 Å². The van der Waals surface area contributed by atoms with Crippen molar-refractivity contribution >= 4 is 17.8 Å². The minimum absolute atomic E-state index is 0.123. The molecule has 1 heterocycles. The SMILES string of the molecule is CC(=O)NC(CC(=O)N1CCC(C)(C(=O)O)C1)c1ccc(C)cc1. The molecule has 2 atom stereocenters. The first-order valence-corrected chi connectivity index (χ1v) is 8.06. The van der Waals surface area contributed by atoms with Gasteiger partial charge in [-0.05, 0) is 25.8 Å². The summed E-state index contributed by atoms with van der Waals surface area (Å²) in [6, 6.07) is 7.26. The molecule has 0 bridgehead atoms. The molecule has 2 amide bonds. The zero-order valence-electron chi connectivity index (χ0n) is 14.3. The van der Waals surface area contributed by atoms with E-state index >= 15 is 0 Å². The van der Waals surface area contributed by atoms with Gasteiger partial charge in [-0.25, -0.2) is 0 Å². The summed E-state index contributed by atoms with van der Waals surface area (Å²) in [6.45, 7) is 5.69. The zero-order valence-corrected chi connectivity index (χ0v) is 14.3. The van der Waals surface area contributed by atoms with Crippen LogP contribution in [-0.2, 0) is 14.4 Å². The highest BCUT2D eigenvalue weighted by molar-refractivity contribution is 5.82. The predicted molar refractivity (Wildman–Crippen MR) is 89.3 cm³/mol. The van der Waals surface area contributed by atoms with E-state index in [9.17, 15) is 19.5 Å². The van der Waals surface area contributed by atoms with Crippen LogP contribution in [0, 0.1) is 12.3 Å². The fraction of sp³-hybridized carbons (Fsp3) is 0.500. The monoisotopic (exact) mass is 332 g/mol. The van der Waals surface area contributed by atoms with Crippen LogP contribution in [0.25, 0.3) is 0 Å². The Bertz CT molecular complexity index is 641. The van der Waals surface area contributed by atoms with Gasteiger partial charge in [-0.3, -0.25) is 14.4 Å². The van der Waals surface area contributed by atoms with Crippen LogP contribution in [0.3, 0.4) is 0 Å². The molecule has 0 saturated carbocycles. The van der Waals surface area contributed by atoms with Crippen molar-refractivity contribution < 1.29 is 19.5 Å². The predicted octanol–water partition coefficient (Wildman–Crippen LogP) is 1.89. The first-order chi connectivity index (χ1) is 11.2. The van der Waals surface area contributed by atoms with E-state index in [0.717, 1.165) is 11.1 Å². The molecule has 0 aromatic heterocycles. The summed E-state index contributed by atoms with van der Waals surface area (Å²) in [5.74, 6) is -1.22. The van der Waals surface area contributed by atoms with Gasteiger partial charge in [0.2, 0.25) is 11.8 Å². The van der Waals surface area contributed by atoms with Gasteiger partial charge in [-0.2, -0.15) is 0 Å². The molecule has 1 aliphatic rings. The highest BCUT2D eigenvalue weighted by Gasteiger charge is 2.42. The molecule has 2 rings (SSSR count). The molecule has 2 N–H and O–H groups in total. The Morgan fingerprint density at radius 3 is 2.42 bits per heavy atom. The molecule has 1 aromatic rings. The van der Waals surface area contributed by atoms with Gasteiger partial charge in [0.05, 0.1) is 17.9 Å². The van der Waals surface area contributed by atoms with E-state index in [4.69, 9.17) is 0 Å². The highest BCUT2D eigenvalue weighted by Crippen LogP contribution is 2.31. The van der Waals surface area contributed by atoms with Crippen LogP contribution in [0.1, 0.15) is 43.9 Å². The van der Waals surface area contributed by atoms with E-state index in [1.807, 2.05) is 31.2 Å². The number of rotatable bonds is 5. The van der Waals surface area contributed by atoms with Crippen molar-refractivity contribution in [2.75, 3.05) is 13.1 Å². The van der Waals surface area contributed by atoms with Crippen LogP contribution in [-0.4, -0.2) is 40.9 Å². The molecule has 1 saturated heterocycles. The second-order valence-corrected chi connectivity index (χ2v) is 6.80. The number of nitrogens with one attached hydrogen (secondary N) is 1. The summed E-state index contributed by atoms with van der Waals surface area (Å²) in [5.41, 5.74) is 1.08. The molecule has 2 unspecified atom stereocenters. The molecule has 130 valence electrons. The van der Waals surface area contributed by atoms with Gasteiger partial charge in [0.1, 0.15) is 0 Å². The van der Waals surface area contributed by atoms with Crippen LogP contribution >= 0.6 is 0 Å².